The van der Waals surface area contributed by atoms with Crippen LogP contribution in [0.3, 0.4) is 0 Å². The standard InChI is InChI=1S/C15H21ClN2O2/c1-10-4-5-14(13(16)6-10)17-15(19)9-18-7-11(2)20-12(3)8-18/h4-6,11-12H,7-9H2,1-3H3,(H,17,19)/p+1/t11-,12+. The maximum absolute atomic E-state index is 12.1. The SMILES string of the molecule is Cc1ccc(NC(=O)C[NH+]2C[C@@H](C)O[C@@H](C)C2)c(Cl)c1. The fraction of sp³-hybridized carbons (Fsp3) is 0.533. The van der Waals surface area contributed by atoms with E-state index in [0.29, 0.717) is 17.3 Å². The second kappa shape index (κ2) is 6.57. The molecule has 0 spiro atoms. The van der Waals surface area contributed by atoms with E-state index >= 15 is 0 Å². The van der Waals surface area contributed by atoms with Crippen LogP contribution < -0.4 is 10.2 Å². The van der Waals surface area contributed by atoms with E-state index < -0.39 is 0 Å². The van der Waals surface area contributed by atoms with Crippen molar-refractivity contribution in [3.05, 3.63) is 28.8 Å². The maximum Gasteiger partial charge on any atom is 0.279 e. The first-order valence-corrected chi connectivity index (χ1v) is 7.37. The highest BCUT2D eigenvalue weighted by Gasteiger charge is 2.27. The molecule has 1 unspecified atom stereocenters. The smallest absolute Gasteiger partial charge is 0.279 e. The van der Waals surface area contributed by atoms with Gasteiger partial charge in [-0.1, -0.05) is 17.7 Å². The molecule has 110 valence electrons. The van der Waals surface area contributed by atoms with Crippen molar-refractivity contribution in [2.45, 2.75) is 33.0 Å². The van der Waals surface area contributed by atoms with Crippen molar-refractivity contribution in [1.82, 2.24) is 0 Å². The minimum absolute atomic E-state index is 0.00736. The summed E-state index contributed by atoms with van der Waals surface area (Å²) < 4.78 is 5.67. The second-order valence-corrected chi connectivity index (χ2v) is 6.03. The van der Waals surface area contributed by atoms with E-state index in [9.17, 15) is 4.79 Å². The van der Waals surface area contributed by atoms with Crippen LogP contribution in [0.25, 0.3) is 0 Å². The number of morpholine rings is 1. The Morgan fingerprint density at radius 1 is 1.40 bits per heavy atom. The highest BCUT2D eigenvalue weighted by atomic mass is 35.5. The topological polar surface area (TPSA) is 42.8 Å². The van der Waals surface area contributed by atoms with Crippen LogP contribution in [0.4, 0.5) is 5.69 Å². The predicted octanol–water partition coefficient (Wildman–Crippen LogP) is 1.28. The summed E-state index contributed by atoms with van der Waals surface area (Å²) in [4.78, 5) is 13.3. The van der Waals surface area contributed by atoms with Crippen LogP contribution in [0, 0.1) is 6.92 Å². The number of amides is 1. The third kappa shape index (κ3) is 4.20. The van der Waals surface area contributed by atoms with Crippen molar-refractivity contribution < 1.29 is 14.4 Å². The largest absolute Gasteiger partial charge is 0.364 e. The van der Waals surface area contributed by atoms with Gasteiger partial charge in [0, 0.05) is 0 Å². The Morgan fingerprint density at radius 3 is 2.65 bits per heavy atom. The first kappa shape index (κ1) is 15.3. The van der Waals surface area contributed by atoms with E-state index in [2.05, 4.69) is 5.32 Å². The summed E-state index contributed by atoms with van der Waals surface area (Å²) >= 11 is 6.12. The molecule has 0 radical (unpaired) electrons. The normalized spacial score (nSPS) is 26.3. The molecule has 5 heteroatoms. The average molecular weight is 298 g/mol. The molecule has 1 amide bonds. The first-order chi connectivity index (χ1) is 9.44. The molecule has 1 aromatic rings. The lowest BCUT2D eigenvalue weighted by Crippen LogP contribution is -3.16. The van der Waals surface area contributed by atoms with Gasteiger partial charge in [0.1, 0.15) is 25.3 Å². The number of halogens is 1. The molecular weight excluding hydrogens is 276 g/mol. The molecule has 1 aliphatic rings. The average Bonchev–Trinajstić information content (AvgIpc) is 2.31. The number of nitrogens with one attached hydrogen (secondary N) is 2. The lowest BCUT2D eigenvalue weighted by atomic mass is 10.2. The van der Waals surface area contributed by atoms with Gasteiger partial charge in [-0.25, -0.2) is 0 Å². The van der Waals surface area contributed by atoms with Crippen molar-refractivity contribution in [3.63, 3.8) is 0 Å². The summed E-state index contributed by atoms with van der Waals surface area (Å²) in [5.41, 5.74) is 1.76. The zero-order chi connectivity index (χ0) is 14.7. The zero-order valence-electron chi connectivity index (χ0n) is 12.2. The van der Waals surface area contributed by atoms with Gasteiger partial charge < -0.3 is 15.0 Å². The number of aryl methyl sites for hydroxylation is 1. The molecule has 3 atom stereocenters. The molecule has 0 bridgehead atoms. The van der Waals surface area contributed by atoms with E-state index in [1.165, 1.54) is 4.90 Å². The Kier molecular flexibility index (Phi) is 5.02. The van der Waals surface area contributed by atoms with Crippen molar-refractivity contribution in [3.8, 4) is 0 Å². The highest BCUT2D eigenvalue weighted by molar-refractivity contribution is 6.33. The third-order valence-corrected chi connectivity index (χ3v) is 3.74. The Labute approximate surface area is 125 Å². The molecule has 1 heterocycles. The molecule has 4 nitrogen and oxygen atoms in total. The van der Waals surface area contributed by atoms with Gasteiger partial charge in [0.05, 0.1) is 10.7 Å². The highest BCUT2D eigenvalue weighted by Crippen LogP contribution is 2.22. The van der Waals surface area contributed by atoms with E-state index in [-0.39, 0.29) is 18.1 Å². The minimum atomic E-state index is -0.00736. The fourth-order valence-electron chi connectivity index (χ4n) is 2.68. The van der Waals surface area contributed by atoms with Gasteiger partial charge in [0.15, 0.2) is 6.54 Å². The van der Waals surface area contributed by atoms with E-state index in [1.54, 1.807) is 0 Å². The number of ether oxygens (including phenoxy) is 1. The molecule has 0 aromatic heterocycles. The Morgan fingerprint density at radius 2 is 2.05 bits per heavy atom. The Bertz CT molecular complexity index is 483. The number of anilines is 1. The monoisotopic (exact) mass is 297 g/mol. The summed E-state index contributed by atoms with van der Waals surface area (Å²) in [6.07, 6.45) is 0.397. The van der Waals surface area contributed by atoms with Gasteiger partial charge in [-0.15, -0.1) is 0 Å². The van der Waals surface area contributed by atoms with Gasteiger partial charge in [0.2, 0.25) is 0 Å². The third-order valence-electron chi connectivity index (χ3n) is 3.43. The summed E-state index contributed by atoms with van der Waals surface area (Å²) in [7, 11) is 0. The second-order valence-electron chi connectivity index (χ2n) is 5.62. The number of hydrogen-bond acceptors (Lipinski definition) is 2. The molecule has 2 N–H and O–H groups in total. The van der Waals surface area contributed by atoms with Gasteiger partial charge in [-0.3, -0.25) is 4.79 Å². The van der Waals surface area contributed by atoms with Gasteiger partial charge in [-0.05, 0) is 38.5 Å². The van der Waals surface area contributed by atoms with Crippen LogP contribution >= 0.6 is 11.6 Å². The lowest BCUT2D eigenvalue weighted by Gasteiger charge is -2.31. The van der Waals surface area contributed by atoms with Crippen LogP contribution in [-0.4, -0.2) is 37.7 Å². The fourth-order valence-corrected chi connectivity index (χ4v) is 2.96. The summed E-state index contributed by atoms with van der Waals surface area (Å²) in [6.45, 7) is 8.23. The zero-order valence-corrected chi connectivity index (χ0v) is 13.0. The molecule has 20 heavy (non-hydrogen) atoms. The van der Waals surface area contributed by atoms with Crippen molar-refractivity contribution >= 4 is 23.2 Å². The van der Waals surface area contributed by atoms with Crippen LogP contribution in [0.1, 0.15) is 19.4 Å². The van der Waals surface area contributed by atoms with Crippen LogP contribution in [0.2, 0.25) is 5.02 Å². The number of hydrogen-bond donors (Lipinski definition) is 2. The number of carbonyl (C=O) groups excluding carboxylic acids is 1. The van der Waals surface area contributed by atoms with Crippen LogP contribution in [0.5, 0.6) is 0 Å². The molecule has 2 rings (SSSR count). The molecule has 1 aromatic carbocycles. The van der Waals surface area contributed by atoms with Crippen LogP contribution in [0.15, 0.2) is 18.2 Å². The van der Waals surface area contributed by atoms with Crippen molar-refractivity contribution in [2.24, 2.45) is 0 Å². The van der Waals surface area contributed by atoms with Gasteiger partial charge >= 0.3 is 0 Å². The lowest BCUT2D eigenvalue weighted by molar-refractivity contribution is -0.907. The Balaban J connectivity index is 1.92. The van der Waals surface area contributed by atoms with Gasteiger partial charge in [-0.2, -0.15) is 0 Å². The number of benzene rings is 1. The molecular formula is C15H22ClN2O2+. The van der Waals surface area contributed by atoms with E-state index in [1.807, 2.05) is 39.0 Å². The first-order valence-electron chi connectivity index (χ1n) is 6.99. The van der Waals surface area contributed by atoms with E-state index in [0.717, 1.165) is 18.7 Å². The molecule has 0 saturated carbocycles. The number of carbonyl (C=O) groups is 1. The maximum atomic E-state index is 12.1. The summed E-state index contributed by atoms with van der Waals surface area (Å²) in [6, 6.07) is 5.63. The predicted molar refractivity (Wildman–Crippen MR) is 80.4 cm³/mol. The molecule has 1 fully saturated rings. The minimum Gasteiger partial charge on any atom is -0.364 e. The molecule has 1 aliphatic heterocycles. The molecule has 1 saturated heterocycles. The van der Waals surface area contributed by atoms with E-state index in [4.69, 9.17) is 16.3 Å². The Hall–Kier alpha value is -1.10. The quantitative estimate of drug-likeness (QED) is 0.883. The van der Waals surface area contributed by atoms with Gasteiger partial charge in [0.25, 0.3) is 5.91 Å². The van der Waals surface area contributed by atoms with Crippen LogP contribution in [-0.2, 0) is 9.53 Å². The number of quaternary nitrogens is 1. The van der Waals surface area contributed by atoms with Crippen molar-refractivity contribution in [2.75, 3.05) is 25.0 Å². The molecule has 0 aliphatic carbocycles. The number of rotatable bonds is 3. The van der Waals surface area contributed by atoms with Crippen molar-refractivity contribution in [1.29, 1.82) is 0 Å². The summed E-state index contributed by atoms with van der Waals surface area (Å²) in [5.74, 6) is -0.00736. The summed E-state index contributed by atoms with van der Waals surface area (Å²) in [5, 5.41) is 3.46.